The van der Waals surface area contributed by atoms with E-state index in [4.69, 9.17) is 10.7 Å². The topological polar surface area (TPSA) is 113 Å². The van der Waals surface area contributed by atoms with E-state index >= 15 is 0 Å². The van der Waals surface area contributed by atoms with Crippen molar-refractivity contribution < 1.29 is 5.11 Å². The molecule has 2 aromatic carbocycles. The Kier molecular flexibility index (Phi) is 4.74. The third-order valence-corrected chi connectivity index (χ3v) is 5.00. The fraction of sp³-hybridized carbons (Fsp3) is 0.350. The molecule has 0 unspecified atom stereocenters. The number of phenolic OH excluding ortho intramolecular Hbond substituents is 1. The maximum Gasteiger partial charge on any atom is 0.206 e. The number of rotatable bonds is 6. The molecule has 0 bridgehead atoms. The second-order valence-corrected chi connectivity index (χ2v) is 7.23. The van der Waals surface area contributed by atoms with E-state index in [9.17, 15) is 9.90 Å². The summed E-state index contributed by atoms with van der Waals surface area (Å²) in [5.41, 5.74) is 7.09. The summed E-state index contributed by atoms with van der Waals surface area (Å²) in [5.74, 6) is 0.0450. The van der Waals surface area contributed by atoms with Crippen molar-refractivity contribution >= 4 is 32.6 Å². The summed E-state index contributed by atoms with van der Waals surface area (Å²) < 4.78 is 1.91. The molecule has 146 valence electrons. The molecular formula is C20H24N6O2. The maximum absolute atomic E-state index is 12.5. The van der Waals surface area contributed by atoms with Crippen LogP contribution in [0.4, 0.5) is 0 Å². The molecule has 0 saturated heterocycles. The number of fused-ring (bicyclic) bond motifs is 2. The molecule has 2 heterocycles. The normalized spacial score (nSPS) is 12.9. The minimum Gasteiger partial charge on any atom is -0.507 e. The average molecular weight is 380 g/mol. The van der Waals surface area contributed by atoms with E-state index < -0.39 is 0 Å². The molecule has 0 aliphatic rings. The number of aromatic hydroxyl groups is 1. The van der Waals surface area contributed by atoms with Gasteiger partial charge in [-0.3, -0.25) is 24.6 Å². The van der Waals surface area contributed by atoms with Crippen molar-refractivity contribution in [3.8, 4) is 5.75 Å². The highest BCUT2D eigenvalue weighted by Gasteiger charge is 2.19. The Bertz CT molecular complexity index is 1270. The summed E-state index contributed by atoms with van der Waals surface area (Å²) in [6.07, 6.45) is 3.71. The van der Waals surface area contributed by atoms with Gasteiger partial charge in [-0.15, -0.1) is 0 Å². The smallest absolute Gasteiger partial charge is 0.206 e. The number of aromatic amines is 1. The highest BCUT2D eigenvalue weighted by molar-refractivity contribution is 6.22. The molecule has 28 heavy (non-hydrogen) atoms. The fourth-order valence-corrected chi connectivity index (χ4v) is 3.77. The molecule has 0 spiro atoms. The standard InChI is InChI=1S/C20H24N6O2/c1-25(2)8-3-7-23-13-4-5-14-18-17(13)20(28)12-10-22-11-15(27)16(12)19(18)24-26(14)9-6-21/h4-5,10-11,24,28H,3,6-9,21H2,1-2H3. The van der Waals surface area contributed by atoms with E-state index in [1.807, 2.05) is 30.9 Å². The van der Waals surface area contributed by atoms with E-state index in [1.54, 1.807) is 0 Å². The Morgan fingerprint density at radius 3 is 2.82 bits per heavy atom. The number of benzene rings is 2. The Labute approximate surface area is 161 Å². The van der Waals surface area contributed by atoms with Gasteiger partial charge in [0.2, 0.25) is 5.43 Å². The van der Waals surface area contributed by atoms with Crippen molar-refractivity contribution in [2.75, 3.05) is 33.7 Å². The van der Waals surface area contributed by atoms with Gasteiger partial charge in [-0.25, -0.2) is 0 Å². The number of hydrogen-bond donors (Lipinski definition) is 3. The summed E-state index contributed by atoms with van der Waals surface area (Å²) in [6.45, 7) is 2.62. The number of nitrogens with two attached hydrogens (primary N) is 1. The molecule has 0 amide bonds. The maximum atomic E-state index is 12.5. The van der Waals surface area contributed by atoms with Gasteiger partial charge in [0.1, 0.15) is 5.75 Å². The zero-order valence-electron chi connectivity index (χ0n) is 16.1. The van der Waals surface area contributed by atoms with Crippen molar-refractivity contribution in [2.45, 2.75) is 13.0 Å². The molecule has 2 aromatic heterocycles. The fourth-order valence-electron chi connectivity index (χ4n) is 3.77. The van der Waals surface area contributed by atoms with Gasteiger partial charge < -0.3 is 15.7 Å². The molecule has 0 fully saturated rings. The molecule has 8 nitrogen and oxygen atoms in total. The number of nitrogens with one attached hydrogen (secondary N) is 1. The molecular weight excluding hydrogens is 356 g/mol. The van der Waals surface area contributed by atoms with Crippen LogP contribution in [0.5, 0.6) is 5.75 Å². The Hall–Kier alpha value is -2.97. The van der Waals surface area contributed by atoms with Crippen molar-refractivity contribution in [3.63, 3.8) is 0 Å². The Balaban J connectivity index is 2.06. The monoisotopic (exact) mass is 380 g/mol. The first-order valence-electron chi connectivity index (χ1n) is 9.35. The van der Waals surface area contributed by atoms with Crippen LogP contribution in [0.25, 0.3) is 32.6 Å². The van der Waals surface area contributed by atoms with Crippen molar-refractivity contribution in [2.24, 2.45) is 10.7 Å². The quantitative estimate of drug-likeness (QED) is 0.341. The number of H-pyrrole nitrogens is 1. The molecule has 8 heteroatoms. The first kappa shape index (κ1) is 18.4. The van der Waals surface area contributed by atoms with Crippen LogP contribution < -0.4 is 16.5 Å². The SMILES string of the molecule is CN(C)CCCN=c1ccc2c3c1c(O)c1cncc(=O)c1c3[nH]n2CCN. The highest BCUT2D eigenvalue weighted by Crippen LogP contribution is 2.37. The lowest BCUT2D eigenvalue weighted by atomic mass is 10.0. The lowest BCUT2D eigenvalue weighted by Gasteiger charge is -2.08. The molecule has 0 aliphatic heterocycles. The molecule has 4 rings (SSSR count). The molecule has 4 N–H and O–H groups in total. The first-order valence-corrected chi connectivity index (χ1v) is 9.35. The minimum atomic E-state index is -0.230. The van der Waals surface area contributed by atoms with Gasteiger partial charge >= 0.3 is 0 Å². The van der Waals surface area contributed by atoms with Gasteiger partial charge in [-0.2, -0.15) is 0 Å². The van der Waals surface area contributed by atoms with Crippen LogP contribution in [0.3, 0.4) is 0 Å². The van der Waals surface area contributed by atoms with Crippen LogP contribution in [-0.2, 0) is 6.54 Å². The van der Waals surface area contributed by atoms with Crippen LogP contribution in [-0.4, -0.2) is 58.5 Å². The van der Waals surface area contributed by atoms with Gasteiger partial charge in [0.15, 0.2) is 0 Å². The molecule has 0 aliphatic carbocycles. The summed E-state index contributed by atoms with van der Waals surface area (Å²) >= 11 is 0. The van der Waals surface area contributed by atoms with E-state index in [1.165, 1.54) is 12.4 Å². The second-order valence-electron chi connectivity index (χ2n) is 7.23. The number of nitrogens with zero attached hydrogens (tertiary/aromatic N) is 4. The molecule has 0 radical (unpaired) electrons. The number of aromatic nitrogens is 3. The predicted octanol–water partition coefficient (Wildman–Crippen LogP) is 0.985. The Morgan fingerprint density at radius 1 is 1.25 bits per heavy atom. The summed E-state index contributed by atoms with van der Waals surface area (Å²) in [4.78, 5) is 23.3. The largest absolute Gasteiger partial charge is 0.507 e. The zero-order chi connectivity index (χ0) is 19.8. The van der Waals surface area contributed by atoms with Crippen LogP contribution in [0.2, 0.25) is 0 Å². The van der Waals surface area contributed by atoms with Crippen LogP contribution >= 0.6 is 0 Å². The summed E-state index contributed by atoms with van der Waals surface area (Å²) in [5, 5.41) is 17.4. The van der Waals surface area contributed by atoms with Gasteiger partial charge in [0, 0.05) is 30.1 Å². The highest BCUT2D eigenvalue weighted by atomic mass is 16.3. The zero-order valence-corrected chi connectivity index (χ0v) is 16.1. The first-order chi connectivity index (χ1) is 13.5. The van der Waals surface area contributed by atoms with Gasteiger partial charge in [-0.1, -0.05) is 0 Å². The van der Waals surface area contributed by atoms with E-state index in [0.717, 1.165) is 23.9 Å². The number of hydrogen-bond acceptors (Lipinski definition) is 6. The number of phenols is 1. The minimum absolute atomic E-state index is 0.0450. The van der Waals surface area contributed by atoms with E-state index in [-0.39, 0.29) is 11.2 Å². The summed E-state index contributed by atoms with van der Waals surface area (Å²) in [6, 6.07) is 3.87. The lowest BCUT2D eigenvalue weighted by Crippen LogP contribution is -2.14. The van der Waals surface area contributed by atoms with Gasteiger partial charge in [0.25, 0.3) is 0 Å². The van der Waals surface area contributed by atoms with Crippen molar-refractivity contribution in [1.29, 1.82) is 0 Å². The van der Waals surface area contributed by atoms with E-state index in [0.29, 0.717) is 46.7 Å². The third-order valence-electron chi connectivity index (χ3n) is 5.00. The molecule has 0 saturated carbocycles. The van der Waals surface area contributed by atoms with Crippen LogP contribution in [0, 0.1) is 0 Å². The van der Waals surface area contributed by atoms with Crippen molar-refractivity contribution in [1.82, 2.24) is 19.7 Å². The van der Waals surface area contributed by atoms with Gasteiger partial charge in [0.05, 0.1) is 39.9 Å². The average Bonchev–Trinajstić information content (AvgIpc) is 3.02. The Morgan fingerprint density at radius 2 is 2.07 bits per heavy atom. The summed E-state index contributed by atoms with van der Waals surface area (Å²) in [7, 11) is 4.06. The van der Waals surface area contributed by atoms with Crippen LogP contribution in [0.15, 0.2) is 34.3 Å². The van der Waals surface area contributed by atoms with Gasteiger partial charge in [-0.05, 0) is 39.2 Å². The van der Waals surface area contributed by atoms with Crippen molar-refractivity contribution in [3.05, 3.63) is 40.1 Å². The van der Waals surface area contributed by atoms with E-state index in [2.05, 4.69) is 15.0 Å². The third kappa shape index (κ3) is 2.90. The molecule has 4 aromatic rings. The second kappa shape index (κ2) is 7.21. The predicted molar refractivity (Wildman–Crippen MR) is 111 cm³/mol. The van der Waals surface area contributed by atoms with Crippen LogP contribution in [0.1, 0.15) is 6.42 Å². The number of pyridine rings is 1. The lowest BCUT2D eigenvalue weighted by molar-refractivity contribution is 0.402. The molecule has 0 atom stereocenters.